The fourth-order valence-corrected chi connectivity index (χ4v) is 4.76. The van der Waals surface area contributed by atoms with Gasteiger partial charge in [0.25, 0.3) is 5.56 Å². The average Bonchev–Trinajstić information content (AvgIpc) is 3.15. The Morgan fingerprint density at radius 3 is 2.72 bits per heavy atom. The van der Waals surface area contributed by atoms with Gasteiger partial charge in [0.05, 0.1) is 36.1 Å². The summed E-state index contributed by atoms with van der Waals surface area (Å²) in [6, 6.07) is 7.49. The first kappa shape index (κ1) is 20.7. The minimum Gasteiger partial charge on any atom is -0.497 e. The molecular formula is C24H25N3O5. The summed E-state index contributed by atoms with van der Waals surface area (Å²) >= 11 is 0. The van der Waals surface area contributed by atoms with Crippen LogP contribution in [0, 0.1) is 0 Å². The van der Waals surface area contributed by atoms with E-state index in [1.807, 2.05) is 32.3 Å². The normalized spacial score (nSPS) is 19.0. The molecule has 0 amide bonds. The maximum atomic E-state index is 13.4. The Kier molecular flexibility index (Phi) is 4.61. The van der Waals surface area contributed by atoms with Gasteiger partial charge in [-0.05, 0) is 50.3 Å². The Morgan fingerprint density at radius 1 is 1.25 bits per heavy atom. The monoisotopic (exact) mass is 435 g/mol. The van der Waals surface area contributed by atoms with Crippen LogP contribution in [0.5, 0.6) is 5.75 Å². The number of methoxy groups -OCH3 is 1. The number of pyridine rings is 2. The van der Waals surface area contributed by atoms with Gasteiger partial charge in [-0.15, -0.1) is 0 Å². The summed E-state index contributed by atoms with van der Waals surface area (Å²) in [7, 11) is 5.62. The molecule has 8 nitrogen and oxygen atoms in total. The summed E-state index contributed by atoms with van der Waals surface area (Å²) in [5.74, 6) is 0.0213. The summed E-state index contributed by atoms with van der Waals surface area (Å²) in [5, 5.41) is 12.0. The number of fused-ring (bicyclic) bond motifs is 5. The number of benzene rings is 1. The predicted octanol–water partition coefficient (Wildman–Crippen LogP) is 2.15. The van der Waals surface area contributed by atoms with Crippen molar-refractivity contribution in [1.29, 1.82) is 0 Å². The van der Waals surface area contributed by atoms with Crippen molar-refractivity contribution in [2.75, 3.05) is 21.2 Å². The molecule has 0 unspecified atom stereocenters. The third-order valence-corrected chi connectivity index (χ3v) is 6.49. The van der Waals surface area contributed by atoms with Crippen LogP contribution < -0.4 is 10.3 Å². The highest BCUT2D eigenvalue weighted by molar-refractivity contribution is 5.90. The lowest BCUT2D eigenvalue weighted by Gasteiger charge is -2.31. The van der Waals surface area contributed by atoms with Gasteiger partial charge in [0.1, 0.15) is 12.4 Å². The zero-order valence-corrected chi connectivity index (χ0v) is 18.6. The van der Waals surface area contributed by atoms with Gasteiger partial charge < -0.3 is 24.0 Å². The molecule has 2 aliphatic heterocycles. The minimum atomic E-state index is -1.83. The van der Waals surface area contributed by atoms with Crippen LogP contribution in [-0.4, -0.2) is 46.7 Å². The number of nitrogens with zero attached hydrogens (tertiary/aromatic N) is 3. The molecule has 1 aromatic carbocycles. The molecule has 2 aromatic heterocycles. The van der Waals surface area contributed by atoms with Crippen LogP contribution >= 0.6 is 0 Å². The van der Waals surface area contributed by atoms with Gasteiger partial charge in [0.2, 0.25) is 0 Å². The third-order valence-electron chi connectivity index (χ3n) is 6.49. The van der Waals surface area contributed by atoms with Gasteiger partial charge >= 0.3 is 5.97 Å². The number of hydrogen-bond acceptors (Lipinski definition) is 7. The smallest absolute Gasteiger partial charge is 0.343 e. The molecular weight excluding hydrogens is 410 g/mol. The topological polar surface area (TPSA) is 93.9 Å². The Labute approximate surface area is 185 Å². The zero-order valence-electron chi connectivity index (χ0n) is 18.6. The summed E-state index contributed by atoms with van der Waals surface area (Å²) in [5.41, 5.74) is 2.72. The van der Waals surface area contributed by atoms with Crippen molar-refractivity contribution in [1.82, 2.24) is 14.5 Å². The molecule has 4 heterocycles. The lowest BCUT2D eigenvalue weighted by atomic mass is 9.86. The van der Waals surface area contributed by atoms with E-state index in [0.29, 0.717) is 35.6 Å². The Bertz CT molecular complexity index is 1340. The van der Waals surface area contributed by atoms with Gasteiger partial charge in [-0.2, -0.15) is 0 Å². The Morgan fingerprint density at radius 2 is 2.03 bits per heavy atom. The second-order valence-corrected chi connectivity index (χ2v) is 8.64. The summed E-state index contributed by atoms with van der Waals surface area (Å²) in [4.78, 5) is 32.7. The number of aliphatic hydroxyl groups is 1. The van der Waals surface area contributed by atoms with E-state index in [-0.39, 0.29) is 18.6 Å². The molecule has 8 heteroatoms. The number of carbonyl (C=O) groups is 1. The van der Waals surface area contributed by atoms with Crippen molar-refractivity contribution < 1.29 is 19.4 Å². The van der Waals surface area contributed by atoms with E-state index in [2.05, 4.69) is 4.90 Å². The van der Waals surface area contributed by atoms with E-state index >= 15 is 0 Å². The fourth-order valence-electron chi connectivity index (χ4n) is 4.76. The highest BCUT2D eigenvalue weighted by Crippen LogP contribution is 2.40. The van der Waals surface area contributed by atoms with E-state index in [1.165, 1.54) is 0 Å². The number of carbonyl (C=O) groups excluding carboxylic acids is 1. The van der Waals surface area contributed by atoms with Crippen LogP contribution in [-0.2, 0) is 34.8 Å². The molecule has 0 radical (unpaired) electrons. The van der Waals surface area contributed by atoms with Gasteiger partial charge in [0.15, 0.2) is 5.60 Å². The molecule has 1 N–H and O–H groups in total. The van der Waals surface area contributed by atoms with Crippen LogP contribution in [0.3, 0.4) is 0 Å². The lowest BCUT2D eigenvalue weighted by Crippen LogP contribution is -2.44. The van der Waals surface area contributed by atoms with Crippen molar-refractivity contribution in [3.63, 3.8) is 0 Å². The molecule has 0 bridgehead atoms. The molecule has 1 atom stereocenters. The first-order valence-corrected chi connectivity index (χ1v) is 10.6. The van der Waals surface area contributed by atoms with Gasteiger partial charge in [0, 0.05) is 23.1 Å². The van der Waals surface area contributed by atoms with E-state index in [9.17, 15) is 14.7 Å². The van der Waals surface area contributed by atoms with Gasteiger partial charge in [-0.3, -0.25) is 4.79 Å². The van der Waals surface area contributed by atoms with E-state index in [1.54, 1.807) is 24.7 Å². The maximum Gasteiger partial charge on any atom is 0.343 e. The number of aromatic nitrogens is 2. The molecule has 0 saturated carbocycles. The molecule has 3 aromatic rings. The number of esters is 1. The number of ether oxygens (including phenoxy) is 2. The van der Waals surface area contributed by atoms with E-state index in [0.717, 1.165) is 27.8 Å². The first-order chi connectivity index (χ1) is 15.3. The summed E-state index contributed by atoms with van der Waals surface area (Å²) in [6.07, 6.45) is 0.116. The molecule has 2 aliphatic rings. The molecule has 0 spiro atoms. The Balaban J connectivity index is 1.81. The first-order valence-electron chi connectivity index (χ1n) is 10.6. The highest BCUT2D eigenvalue weighted by Gasteiger charge is 2.45. The van der Waals surface area contributed by atoms with Gasteiger partial charge in [-0.1, -0.05) is 6.92 Å². The molecule has 5 rings (SSSR count). The van der Waals surface area contributed by atoms with Gasteiger partial charge in [-0.25, -0.2) is 9.78 Å². The second-order valence-electron chi connectivity index (χ2n) is 8.64. The van der Waals surface area contributed by atoms with Crippen molar-refractivity contribution >= 4 is 16.9 Å². The van der Waals surface area contributed by atoms with Crippen LogP contribution in [0.4, 0.5) is 0 Å². The Hall–Kier alpha value is -3.23. The standard InChI is InChI=1S/C24H25N3O5/c1-5-24(30)18-9-20-21-16(11-27(20)22(28)17(18)12-32-23(24)29)15(10-26(2)3)14-8-13(31-4)6-7-19(14)25-21/h6-9,30H,5,10-12H2,1-4H3/t24-/m0/s1. The molecule has 0 saturated heterocycles. The van der Waals surface area contributed by atoms with Crippen LogP contribution in [0.25, 0.3) is 22.3 Å². The van der Waals surface area contributed by atoms with Crippen molar-refractivity contribution in [3.05, 3.63) is 56.9 Å². The van der Waals surface area contributed by atoms with Crippen LogP contribution in [0.1, 0.15) is 35.6 Å². The third kappa shape index (κ3) is 2.79. The van der Waals surface area contributed by atoms with E-state index < -0.39 is 11.6 Å². The van der Waals surface area contributed by atoms with Crippen molar-refractivity contribution in [2.45, 2.75) is 38.6 Å². The van der Waals surface area contributed by atoms with E-state index in [4.69, 9.17) is 14.5 Å². The lowest BCUT2D eigenvalue weighted by molar-refractivity contribution is -0.172. The zero-order chi connectivity index (χ0) is 22.8. The quantitative estimate of drug-likeness (QED) is 0.491. The largest absolute Gasteiger partial charge is 0.497 e. The predicted molar refractivity (Wildman–Crippen MR) is 118 cm³/mol. The highest BCUT2D eigenvalue weighted by atomic mass is 16.6. The van der Waals surface area contributed by atoms with Crippen LogP contribution in [0.15, 0.2) is 29.1 Å². The maximum absolute atomic E-state index is 13.4. The molecule has 0 aliphatic carbocycles. The number of hydrogen-bond donors (Lipinski definition) is 1. The summed E-state index contributed by atoms with van der Waals surface area (Å²) in [6.45, 7) is 2.60. The number of rotatable bonds is 4. The number of cyclic esters (lactones) is 1. The minimum absolute atomic E-state index is 0.116. The molecule has 32 heavy (non-hydrogen) atoms. The molecule has 166 valence electrons. The second kappa shape index (κ2) is 7.15. The van der Waals surface area contributed by atoms with Crippen molar-refractivity contribution in [3.8, 4) is 17.1 Å². The fraction of sp³-hybridized carbons (Fsp3) is 0.375. The van der Waals surface area contributed by atoms with Crippen LogP contribution in [0.2, 0.25) is 0 Å². The SMILES string of the molecule is CC[C@@]1(O)C(=O)OCc2c1cc1n(c2=O)Cc2c-1nc1ccc(OC)cc1c2CN(C)C. The summed E-state index contributed by atoms with van der Waals surface area (Å²) < 4.78 is 12.2. The average molecular weight is 435 g/mol. The molecule has 0 fully saturated rings. The van der Waals surface area contributed by atoms with Crippen molar-refractivity contribution in [2.24, 2.45) is 0 Å².